The van der Waals surface area contributed by atoms with Crippen molar-refractivity contribution in [1.29, 1.82) is 0 Å². The molecule has 0 fully saturated rings. The van der Waals surface area contributed by atoms with E-state index in [2.05, 4.69) is 128 Å². The van der Waals surface area contributed by atoms with Gasteiger partial charge in [-0.3, -0.25) is 0 Å². The van der Waals surface area contributed by atoms with E-state index in [9.17, 15) is 0 Å². The number of pyridine rings is 2. The summed E-state index contributed by atoms with van der Waals surface area (Å²) in [5.74, 6) is 0. The minimum absolute atomic E-state index is 0.0501. The Morgan fingerprint density at radius 2 is 1.67 bits per heavy atom. The van der Waals surface area contributed by atoms with Gasteiger partial charge >= 0.3 is 5.65 Å². The van der Waals surface area contributed by atoms with Gasteiger partial charge in [-0.15, -0.1) is 0 Å². The van der Waals surface area contributed by atoms with Crippen LogP contribution in [0.1, 0.15) is 84.5 Å². The van der Waals surface area contributed by atoms with Crippen LogP contribution in [0.4, 0.5) is 0 Å². The van der Waals surface area contributed by atoms with Crippen molar-refractivity contribution in [3.63, 3.8) is 0 Å². The van der Waals surface area contributed by atoms with E-state index >= 15 is 0 Å². The van der Waals surface area contributed by atoms with Crippen LogP contribution in [0, 0.1) is 0 Å². The standard InChI is InChI=1S/C41H42N6O/c1-7-40(6)41(8-2,45-22-12-11-14-33(45)34-25-37(39(3,4)5)44-47(34)40)19-18-32-28-24-36-29(26-13-9-10-15-35(26)48-36)23-27(28)31-17-16-30-38(46(31)32)43-21-20-42-30/h9-17,20-25,32H,7-8,18-19H2,1-6H3/q+2. The number of benzene rings is 2. The Morgan fingerprint density at radius 1 is 0.854 bits per heavy atom. The second-order valence-corrected chi connectivity index (χ2v) is 15.0. The highest BCUT2D eigenvalue weighted by Crippen LogP contribution is 2.50. The van der Waals surface area contributed by atoms with Crippen molar-refractivity contribution in [1.82, 2.24) is 19.7 Å². The fraction of sp³-hybridized carbons (Fsp3) is 0.341. The van der Waals surface area contributed by atoms with Crippen LogP contribution < -0.4 is 9.13 Å². The second kappa shape index (κ2) is 10.0. The fourth-order valence-electron chi connectivity index (χ4n) is 9.00. The van der Waals surface area contributed by atoms with Crippen LogP contribution in [0.3, 0.4) is 0 Å². The Hall–Kier alpha value is -4.91. The zero-order valence-corrected chi connectivity index (χ0v) is 28.7. The predicted molar refractivity (Wildman–Crippen MR) is 189 cm³/mol. The number of hydrogen-bond donors (Lipinski definition) is 0. The lowest BCUT2D eigenvalue weighted by Gasteiger charge is -2.47. The van der Waals surface area contributed by atoms with Gasteiger partial charge in [0.2, 0.25) is 5.69 Å². The number of rotatable bonds is 5. The number of nitrogens with zero attached hydrogens (tertiary/aromatic N) is 6. The summed E-state index contributed by atoms with van der Waals surface area (Å²) >= 11 is 0. The lowest BCUT2D eigenvalue weighted by molar-refractivity contribution is -0.776. The zero-order valence-electron chi connectivity index (χ0n) is 28.7. The molecule has 7 heteroatoms. The number of hydrogen-bond acceptors (Lipinski definition) is 4. The van der Waals surface area contributed by atoms with E-state index in [1.807, 2.05) is 12.3 Å². The van der Waals surface area contributed by atoms with Crippen LogP contribution in [0.2, 0.25) is 0 Å². The summed E-state index contributed by atoms with van der Waals surface area (Å²) in [6.45, 7) is 13.9. The molecule has 3 atom stereocenters. The predicted octanol–water partition coefficient (Wildman–Crippen LogP) is 8.56. The number of fused-ring (bicyclic) bond motifs is 11. The minimum Gasteiger partial charge on any atom is -0.456 e. The van der Waals surface area contributed by atoms with Crippen molar-refractivity contribution >= 4 is 33.1 Å². The third-order valence-corrected chi connectivity index (χ3v) is 11.7. The highest BCUT2D eigenvalue weighted by Gasteiger charge is 2.60. The van der Waals surface area contributed by atoms with Crippen molar-refractivity contribution in [2.75, 3.05) is 0 Å². The molecule has 0 amide bonds. The Bertz CT molecular complexity index is 2410. The van der Waals surface area contributed by atoms with E-state index < -0.39 is 0 Å². The van der Waals surface area contributed by atoms with E-state index in [-0.39, 0.29) is 22.5 Å². The Morgan fingerprint density at radius 3 is 2.48 bits per heavy atom. The van der Waals surface area contributed by atoms with Crippen molar-refractivity contribution in [3.8, 4) is 22.6 Å². The van der Waals surface area contributed by atoms with Crippen LogP contribution in [0.15, 0.2) is 95.8 Å². The third-order valence-electron chi connectivity index (χ3n) is 11.7. The molecule has 7 aromatic rings. The van der Waals surface area contributed by atoms with Crippen molar-refractivity contribution in [2.45, 2.75) is 89.8 Å². The van der Waals surface area contributed by atoms with Gasteiger partial charge in [0, 0.05) is 52.3 Å². The molecule has 7 heterocycles. The molecule has 3 unspecified atom stereocenters. The van der Waals surface area contributed by atoms with E-state index in [0.717, 1.165) is 64.5 Å². The average molecular weight is 635 g/mol. The maximum atomic E-state index is 6.46. The summed E-state index contributed by atoms with van der Waals surface area (Å²) < 4.78 is 13.9. The highest BCUT2D eigenvalue weighted by atomic mass is 16.3. The molecule has 7 nitrogen and oxygen atoms in total. The molecule has 9 rings (SSSR count). The van der Waals surface area contributed by atoms with E-state index in [0.29, 0.717) is 0 Å². The molecule has 2 aliphatic heterocycles. The molecular weight excluding hydrogens is 592 g/mol. The van der Waals surface area contributed by atoms with Crippen LogP contribution in [0.25, 0.3) is 55.7 Å². The second-order valence-electron chi connectivity index (χ2n) is 15.0. The molecule has 2 aliphatic rings. The van der Waals surface area contributed by atoms with Gasteiger partial charge in [-0.25, -0.2) is 14.2 Å². The van der Waals surface area contributed by atoms with Crippen molar-refractivity contribution in [2.24, 2.45) is 0 Å². The Labute approximate surface area is 280 Å². The smallest absolute Gasteiger partial charge is 0.349 e. The van der Waals surface area contributed by atoms with Crippen LogP contribution in [0.5, 0.6) is 0 Å². The summed E-state index contributed by atoms with van der Waals surface area (Å²) in [5, 5.41) is 7.70. The largest absolute Gasteiger partial charge is 0.456 e. The Balaban J connectivity index is 1.24. The van der Waals surface area contributed by atoms with Gasteiger partial charge in [0.05, 0.1) is 11.9 Å². The molecule has 240 valence electrons. The number of aromatic nitrogens is 6. The van der Waals surface area contributed by atoms with E-state index in [1.54, 1.807) is 6.20 Å². The molecule has 0 N–H and O–H groups in total. The molecule has 0 saturated carbocycles. The van der Waals surface area contributed by atoms with Crippen LogP contribution in [-0.2, 0) is 16.5 Å². The molecule has 2 aromatic carbocycles. The Kier molecular flexibility index (Phi) is 6.12. The SMILES string of the molecule is CCC1(C)n2nc(C(C)(C)C)cc2-c2cccc[n+]2C1(CC)CCC1c2cc3oc4ccccc4c3cc2-c2ccc3nccnc3[n+]21. The molecule has 48 heavy (non-hydrogen) atoms. The minimum atomic E-state index is -0.254. The molecule has 0 radical (unpaired) electrons. The van der Waals surface area contributed by atoms with Gasteiger partial charge in [-0.1, -0.05) is 52.8 Å². The van der Waals surface area contributed by atoms with Crippen molar-refractivity contribution < 1.29 is 13.6 Å². The normalized spacial score (nSPS) is 21.4. The van der Waals surface area contributed by atoms with E-state index in [4.69, 9.17) is 19.5 Å². The zero-order chi connectivity index (χ0) is 33.0. The van der Waals surface area contributed by atoms with Gasteiger partial charge in [-0.2, -0.15) is 9.67 Å². The highest BCUT2D eigenvalue weighted by molar-refractivity contribution is 6.06. The van der Waals surface area contributed by atoms with Crippen LogP contribution >= 0.6 is 0 Å². The first-order valence-corrected chi connectivity index (χ1v) is 17.4. The maximum Gasteiger partial charge on any atom is 0.349 e. The molecule has 0 spiro atoms. The number of furan rings is 1. The van der Waals surface area contributed by atoms with Gasteiger partial charge in [0.15, 0.2) is 23.4 Å². The fourth-order valence-corrected chi connectivity index (χ4v) is 9.00. The van der Waals surface area contributed by atoms with Crippen LogP contribution in [-0.4, -0.2) is 19.7 Å². The third kappa shape index (κ3) is 3.79. The molecule has 5 aromatic heterocycles. The molecule has 0 aliphatic carbocycles. The van der Waals surface area contributed by atoms with Gasteiger partial charge in [0.25, 0.3) is 0 Å². The molecule has 0 bridgehead atoms. The van der Waals surface area contributed by atoms with Gasteiger partial charge < -0.3 is 4.42 Å². The summed E-state index contributed by atoms with van der Waals surface area (Å²) in [6.07, 6.45) is 9.70. The summed E-state index contributed by atoms with van der Waals surface area (Å²) in [4.78, 5) is 9.64. The topological polar surface area (TPSA) is 64.5 Å². The van der Waals surface area contributed by atoms with Crippen molar-refractivity contribution in [3.05, 3.63) is 103 Å². The number of para-hydroxylation sites is 1. The van der Waals surface area contributed by atoms with Gasteiger partial charge in [0.1, 0.15) is 34.1 Å². The monoisotopic (exact) mass is 634 g/mol. The lowest BCUT2D eigenvalue weighted by Crippen LogP contribution is -2.71. The molecule has 0 saturated heterocycles. The summed E-state index contributed by atoms with van der Waals surface area (Å²) in [5.41, 5.74) is 10.4. The van der Waals surface area contributed by atoms with E-state index in [1.165, 1.54) is 28.2 Å². The van der Waals surface area contributed by atoms with Gasteiger partial charge in [-0.05, 0) is 67.2 Å². The summed E-state index contributed by atoms with van der Waals surface area (Å²) in [6, 6.07) is 26.3. The molecular formula is C41H42N6O+2. The quantitative estimate of drug-likeness (QED) is 0.178. The summed E-state index contributed by atoms with van der Waals surface area (Å²) in [7, 11) is 0. The first kappa shape index (κ1) is 29.2. The maximum absolute atomic E-state index is 6.46. The first-order chi connectivity index (χ1) is 23.2. The first-order valence-electron chi connectivity index (χ1n) is 17.4. The average Bonchev–Trinajstić information content (AvgIpc) is 3.80. The lowest BCUT2D eigenvalue weighted by atomic mass is 9.68.